The Hall–Kier alpha value is -1.59. The van der Waals surface area contributed by atoms with Crippen LogP contribution in [-0.2, 0) is 14.4 Å². The molecule has 0 radical (unpaired) electrons. The van der Waals surface area contributed by atoms with E-state index in [4.69, 9.17) is 5.11 Å². The quantitative estimate of drug-likeness (QED) is 0.772. The SMILES string of the molecule is CCC(CC)N1CC(C(=O)N2CCCCC2CCC(=O)O)CC1=O. The molecule has 24 heavy (non-hydrogen) atoms. The van der Waals surface area contributed by atoms with E-state index in [1.165, 1.54) is 0 Å². The molecule has 0 aliphatic carbocycles. The summed E-state index contributed by atoms with van der Waals surface area (Å²) < 4.78 is 0. The van der Waals surface area contributed by atoms with E-state index in [-0.39, 0.29) is 36.2 Å². The lowest BCUT2D eigenvalue weighted by Gasteiger charge is -2.37. The monoisotopic (exact) mass is 338 g/mol. The predicted molar refractivity (Wildman–Crippen MR) is 90.4 cm³/mol. The molecule has 2 aliphatic rings. The standard InChI is InChI=1S/C18H30N2O4/c1-3-14(4-2)20-12-13(11-16(20)21)18(24)19-10-6-5-7-15(19)8-9-17(22)23/h13-15H,3-12H2,1-2H3,(H,22,23). The minimum Gasteiger partial charge on any atom is -0.481 e. The van der Waals surface area contributed by atoms with Crippen LogP contribution in [0.3, 0.4) is 0 Å². The smallest absolute Gasteiger partial charge is 0.303 e. The summed E-state index contributed by atoms with van der Waals surface area (Å²) in [5, 5.41) is 8.91. The third-order valence-corrected chi connectivity index (χ3v) is 5.49. The first kappa shape index (κ1) is 18.7. The number of piperidine rings is 1. The molecule has 2 amide bonds. The van der Waals surface area contributed by atoms with Gasteiger partial charge in [0.1, 0.15) is 0 Å². The molecule has 0 aromatic rings. The van der Waals surface area contributed by atoms with Crippen LogP contribution in [0.5, 0.6) is 0 Å². The average molecular weight is 338 g/mol. The molecule has 2 heterocycles. The molecular weight excluding hydrogens is 308 g/mol. The van der Waals surface area contributed by atoms with Crippen molar-refractivity contribution in [3.63, 3.8) is 0 Å². The Labute approximate surface area is 144 Å². The van der Waals surface area contributed by atoms with E-state index >= 15 is 0 Å². The molecule has 2 rings (SSSR count). The number of amides is 2. The molecule has 1 N–H and O–H groups in total. The summed E-state index contributed by atoms with van der Waals surface area (Å²) in [5.41, 5.74) is 0. The average Bonchev–Trinajstić information content (AvgIpc) is 2.95. The van der Waals surface area contributed by atoms with E-state index in [2.05, 4.69) is 13.8 Å². The van der Waals surface area contributed by atoms with Gasteiger partial charge < -0.3 is 14.9 Å². The molecule has 2 aliphatic heterocycles. The largest absolute Gasteiger partial charge is 0.481 e. The maximum absolute atomic E-state index is 12.9. The Morgan fingerprint density at radius 2 is 1.96 bits per heavy atom. The highest BCUT2D eigenvalue weighted by molar-refractivity contribution is 5.89. The lowest BCUT2D eigenvalue weighted by molar-refractivity contribution is -0.142. The summed E-state index contributed by atoms with van der Waals surface area (Å²) in [6.45, 7) is 5.36. The Balaban J connectivity index is 2.01. The minimum atomic E-state index is -0.816. The predicted octanol–water partition coefficient (Wildman–Crippen LogP) is 2.27. The molecule has 6 heteroatoms. The van der Waals surface area contributed by atoms with Crippen molar-refractivity contribution in [1.82, 2.24) is 9.80 Å². The van der Waals surface area contributed by atoms with E-state index in [1.807, 2.05) is 9.80 Å². The second kappa shape index (κ2) is 8.49. The second-order valence-electron chi connectivity index (χ2n) is 7.03. The summed E-state index contributed by atoms with van der Waals surface area (Å²) in [5.74, 6) is -0.944. The Morgan fingerprint density at radius 1 is 1.25 bits per heavy atom. The van der Waals surface area contributed by atoms with Gasteiger partial charge in [0.05, 0.1) is 5.92 Å². The highest BCUT2D eigenvalue weighted by atomic mass is 16.4. The van der Waals surface area contributed by atoms with Crippen molar-refractivity contribution in [2.75, 3.05) is 13.1 Å². The number of hydrogen-bond donors (Lipinski definition) is 1. The van der Waals surface area contributed by atoms with Gasteiger partial charge in [0, 0.05) is 38.0 Å². The summed E-state index contributed by atoms with van der Waals surface area (Å²) >= 11 is 0. The van der Waals surface area contributed by atoms with Crippen LogP contribution < -0.4 is 0 Å². The lowest BCUT2D eigenvalue weighted by atomic mass is 9.95. The first-order valence-electron chi connectivity index (χ1n) is 9.29. The van der Waals surface area contributed by atoms with Gasteiger partial charge in [-0.1, -0.05) is 13.8 Å². The van der Waals surface area contributed by atoms with Crippen molar-refractivity contribution in [3.05, 3.63) is 0 Å². The summed E-state index contributed by atoms with van der Waals surface area (Å²) in [4.78, 5) is 39.8. The molecule has 2 unspecified atom stereocenters. The number of carbonyl (C=O) groups excluding carboxylic acids is 2. The van der Waals surface area contributed by atoms with Gasteiger partial charge in [-0.05, 0) is 38.5 Å². The molecule has 2 saturated heterocycles. The Bertz CT molecular complexity index is 476. The minimum absolute atomic E-state index is 0.0136. The van der Waals surface area contributed by atoms with Crippen molar-refractivity contribution in [3.8, 4) is 0 Å². The van der Waals surface area contributed by atoms with Crippen molar-refractivity contribution in [2.24, 2.45) is 5.92 Å². The van der Waals surface area contributed by atoms with Crippen LogP contribution in [0.1, 0.15) is 65.2 Å². The van der Waals surface area contributed by atoms with Crippen molar-refractivity contribution in [2.45, 2.75) is 77.3 Å². The number of carboxylic acids is 1. The molecule has 0 aromatic heterocycles. The van der Waals surface area contributed by atoms with Gasteiger partial charge in [-0.3, -0.25) is 14.4 Å². The number of carbonyl (C=O) groups is 3. The first-order chi connectivity index (χ1) is 11.5. The van der Waals surface area contributed by atoms with Gasteiger partial charge in [-0.2, -0.15) is 0 Å². The van der Waals surface area contributed by atoms with Gasteiger partial charge in [0.2, 0.25) is 11.8 Å². The van der Waals surface area contributed by atoms with E-state index < -0.39 is 5.97 Å². The van der Waals surface area contributed by atoms with Gasteiger partial charge in [0.25, 0.3) is 0 Å². The number of nitrogens with zero attached hydrogens (tertiary/aromatic N) is 2. The maximum Gasteiger partial charge on any atom is 0.303 e. The molecule has 136 valence electrons. The van der Waals surface area contributed by atoms with Crippen LogP contribution in [-0.4, -0.2) is 57.9 Å². The number of hydrogen-bond acceptors (Lipinski definition) is 3. The van der Waals surface area contributed by atoms with Gasteiger partial charge in [0.15, 0.2) is 0 Å². The normalized spacial score (nSPS) is 24.7. The van der Waals surface area contributed by atoms with E-state index in [1.54, 1.807) is 0 Å². The van der Waals surface area contributed by atoms with Gasteiger partial charge in [-0.15, -0.1) is 0 Å². The number of carboxylic acid groups (broad SMARTS) is 1. The summed E-state index contributed by atoms with van der Waals surface area (Å²) in [6.07, 6.45) is 5.61. The first-order valence-corrected chi connectivity index (χ1v) is 9.29. The second-order valence-corrected chi connectivity index (χ2v) is 7.03. The summed E-state index contributed by atoms with van der Waals surface area (Å²) in [6, 6.07) is 0.235. The number of likely N-dealkylation sites (tertiary alicyclic amines) is 2. The molecular formula is C18H30N2O4. The van der Waals surface area contributed by atoms with Gasteiger partial charge >= 0.3 is 5.97 Å². The topological polar surface area (TPSA) is 77.9 Å². The molecule has 0 saturated carbocycles. The van der Waals surface area contributed by atoms with Crippen LogP contribution in [0.15, 0.2) is 0 Å². The van der Waals surface area contributed by atoms with E-state index in [0.29, 0.717) is 25.9 Å². The number of aliphatic carboxylic acids is 1. The van der Waals surface area contributed by atoms with Crippen LogP contribution >= 0.6 is 0 Å². The third-order valence-electron chi connectivity index (χ3n) is 5.49. The van der Waals surface area contributed by atoms with E-state index in [0.717, 1.165) is 32.1 Å². The fraction of sp³-hybridized carbons (Fsp3) is 0.833. The maximum atomic E-state index is 12.9. The zero-order valence-corrected chi connectivity index (χ0v) is 14.9. The van der Waals surface area contributed by atoms with Crippen LogP contribution in [0.4, 0.5) is 0 Å². The van der Waals surface area contributed by atoms with Crippen molar-refractivity contribution < 1.29 is 19.5 Å². The van der Waals surface area contributed by atoms with E-state index in [9.17, 15) is 14.4 Å². The van der Waals surface area contributed by atoms with Crippen molar-refractivity contribution in [1.29, 1.82) is 0 Å². The highest BCUT2D eigenvalue weighted by Gasteiger charge is 2.40. The van der Waals surface area contributed by atoms with Gasteiger partial charge in [-0.25, -0.2) is 0 Å². The third kappa shape index (κ3) is 4.28. The highest BCUT2D eigenvalue weighted by Crippen LogP contribution is 2.28. The number of rotatable bonds is 7. The fourth-order valence-corrected chi connectivity index (χ4v) is 4.09. The molecule has 6 nitrogen and oxygen atoms in total. The summed E-state index contributed by atoms with van der Waals surface area (Å²) in [7, 11) is 0. The van der Waals surface area contributed by atoms with Crippen LogP contribution in [0, 0.1) is 5.92 Å². The van der Waals surface area contributed by atoms with Crippen molar-refractivity contribution >= 4 is 17.8 Å². The Kier molecular flexibility index (Phi) is 6.63. The fourth-order valence-electron chi connectivity index (χ4n) is 4.09. The molecule has 0 spiro atoms. The lowest BCUT2D eigenvalue weighted by Crippen LogP contribution is -2.47. The zero-order valence-electron chi connectivity index (χ0n) is 14.9. The molecule has 2 fully saturated rings. The molecule has 0 bridgehead atoms. The Morgan fingerprint density at radius 3 is 2.58 bits per heavy atom. The molecule has 2 atom stereocenters. The zero-order chi connectivity index (χ0) is 17.7. The molecule has 0 aromatic carbocycles. The van der Waals surface area contributed by atoms with Crippen LogP contribution in [0.25, 0.3) is 0 Å². The van der Waals surface area contributed by atoms with Crippen LogP contribution in [0.2, 0.25) is 0 Å².